The molecule has 0 bridgehead atoms. The van der Waals surface area contributed by atoms with Crippen LogP contribution in [0.15, 0.2) is 12.4 Å². The maximum Gasteiger partial charge on any atom is 0.409 e. The van der Waals surface area contributed by atoms with E-state index in [9.17, 15) is 4.79 Å². The molecule has 2 heterocycles. The predicted octanol–water partition coefficient (Wildman–Crippen LogP) is 2.16. The summed E-state index contributed by atoms with van der Waals surface area (Å²) in [6.45, 7) is 3.59. The average Bonchev–Trinajstić information content (AvgIpc) is 2.40. The van der Waals surface area contributed by atoms with E-state index in [-0.39, 0.29) is 12.1 Å². The third-order valence-electron chi connectivity index (χ3n) is 2.98. The lowest BCUT2D eigenvalue weighted by Crippen LogP contribution is -2.42. The van der Waals surface area contributed by atoms with Crippen molar-refractivity contribution in [2.45, 2.75) is 25.8 Å². The van der Waals surface area contributed by atoms with Gasteiger partial charge in [0.15, 0.2) is 0 Å². The minimum Gasteiger partial charge on any atom is -0.450 e. The number of likely N-dealkylation sites (tertiary alicyclic amines) is 1. The summed E-state index contributed by atoms with van der Waals surface area (Å²) in [6.07, 6.45) is 4.61. The molecule has 2 rings (SSSR count). The zero-order chi connectivity index (χ0) is 13.7. The minimum absolute atomic E-state index is 0.233. The number of hydrogen-bond acceptors (Lipinski definition) is 5. The first-order valence-electron chi connectivity index (χ1n) is 6.35. The van der Waals surface area contributed by atoms with Crippen LogP contribution in [-0.4, -0.2) is 46.7 Å². The molecule has 1 aliphatic heterocycles. The summed E-state index contributed by atoms with van der Waals surface area (Å²) >= 11 is 5.78. The van der Waals surface area contributed by atoms with Gasteiger partial charge >= 0.3 is 6.09 Å². The Balaban J connectivity index is 1.82. The summed E-state index contributed by atoms with van der Waals surface area (Å²) in [4.78, 5) is 21.4. The van der Waals surface area contributed by atoms with Gasteiger partial charge in [-0.05, 0) is 19.8 Å². The molecular formula is C12H17ClN4O2. The maximum atomic E-state index is 11.6. The number of halogens is 1. The van der Waals surface area contributed by atoms with Gasteiger partial charge in [0.05, 0.1) is 19.0 Å². The van der Waals surface area contributed by atoms with Gasteiger partial charge in [0.25, 0.3) is 0 Å². The quantitative estimate of drug-likeness (QED) is 0.921. The molecule has 0 aromatic carbocycles. The maximum absolute atomic E-state index is 11.6. The SMILES string of the molecule is CCOC(=O)N1CCC(Nc2cncc(Cl)n2)CC1. The summed E-state index contributed by atoms with van der Waals surface area (Å²) in [7, 11) is 0. The number of ether oxygens (including phenoxy) is 1. The highest BCUT2D eigenvalue weighted by Crippen LogP contribution is 2.16. The molecule has 1 aliphatic rings. The van der Waals surface area contributed by atoms with Gasteiger partial charge in [0.1, 0.15) is 11.0 Å². The Kier molecular flexibility index (Phi) is 4.79. The topological polar surface area (TPSA) is 67.3 Å². The third-order valence-corrected chi connectivity index (χ3v) is 3.16. The fraction of sp³-hybridized carbons (Fsp3) is 0.583. The van der Waals surface area contributed by atoms with Gasteiger partial charge in [-0.2, -0.15) is 0 Å². The van der Waals surface area contributed by atoms with Crippen LogP contribution in [0.1, 0.15) is 19.8 Å². The van der Waals surface area contributed by atoms with Gasteiger partial charge < -0.3 is 15.0 Å². The fourth-order valence-electron chi connectivity index (χ4n) is 2.04. The molecule has 6 nitrogen and oxygen atoms in total. The number of nitrogens with zero attached hydrogens (tertiary/aromatic N) is 3. The molecule has 1 fully saturated rings. The first-order chi connectivity index (χ1) is 9.19. The molecule has 0 unspecified atom stereocenters. The summed E-state index contributed by atoms with van der Waals surface area (Å²) in [5.74, 6) is 0.669. The van der Waals surface area contributed by atoms with E-state index in [4.69, 9.17) is 16.3 Å². The van der Waals surface area contributed by atoms with Crippen molar-refractivity contribution < 1.29 is 9.53 Å². The molecule has 0 atom stereocenters. The average molecular weight is 285 g/mol. The summed E-state index contributed by atoms with van der Waals surface area (Å²) in [6, 6.07) is 0.276. The molecular weight excluding hydrogens is 268 g/mol. The van der Waals surface area contributed by atoms with Crippen LogP contribution in [0, 0.1) is 0 Å². The summed E-state index contributed by atoms with van der Waals surface area (Å²) in [5, 5.41) is 3.65. The van der Waals surface area contributed by atoms with E-state index in [1.807, 2.05) is 6.92 Å². The second kappa shape index (κ2) is 6.56. The first-order valence-corrected chi connectivity index (χ1v) is 6.72. The van der Waals surface area contributed by atoms with E-state index >= 15 is 0 Å². The summed E-state index contributed by atoms with van der Waals surface area (Å²) < 4.78 is 4.98. The van der Waals surface area contributed by atoms with Crippen LogP contribution in [0.2, 0.25) is 5.15 Å². The largest absolute Gasteiger partial charge is 0.450 e. The monoisotopic (exact) mass is 284 g/mol. The molecule has 0 saturated carbocycles. The van der Waals surface area contributed by atoms with E-state index in [1.165, 1.54) is 6.20 Å². The highest BCUT2D eigenvalue weighted by molar-refractivity contribution is 6.29. The van der Waals surface area contributed by atoms with Crippen LogP contribution in [0.5, 0.6) is 0 Å². The van der Waals surface area contributed by atoms with E-state index in [0.717, 1.165) is 12.8 Å². The lowest BCUT2D eigenvalue weighted by atomic mass is 10.1. The van der Waals surface area contributed by atoms with Gasteiger partial charge in [-0.3, -0.25) is 4.98 Å². The van der Waals surface area contributed by atoms with Gasteiger partial charge in [0, 0.05) is 19.1 Å². The van der Waals surface area contributed by atoms with Crippen molar-refractivity contribution in [3.63, 3.8) is 0 Å². The van der Waals surface area contributed by atoms with Crippen LogP contribution in [0.3, 0.4) is 0 Å². The molecule has 1 saturated heterocycles. The zero-order valence-corrected chi connectivity index (χ0v) is 11.6. The van der Waals surface area contributed by atoms with Crippen molar-refractivity contribution in [3.05, 3.63) is 17.5 Å². The van der Waals surface area contributed by atoms with Crippen molar-refractivity contribution in [3.8, 4) is 0 Å². The Bertz CT molecular complexity index is 435. The second-order valence-corrected chi connectivity index (χ2v) is 4.72. The van der Waals surface area contributed by atoms with E-state index in [2.05, 4.69) is 15.3 Å². The Morgan fingerprint density at radius 1 is 1.53 bits per heavy atom. The van der Waals surface area contributed by atoms with Crippen LogP contribution >= 0.6 is 11.6 Å². The molecule has 1 N–H and O–H groups in total. The molecule has 1 aromatic rings. The van der Waals surface area contributed by atoms with Gasteiger partial charge in [0.2, 0.25) is 0 Å². The highest BCUT2D eigenvalue weighted by atomic mass is 35.5. The molecule has 0 spiro atoms. The second-order valence-electron chi connectivity index (χ2n) is 4.33. The van der Waals surface area contributed by atoms with Gasteiger partial charge in [-0.1, -0.05) is 11.6 Å². The number of aromatic nitrogens is 2. The van der Waals surface area contributed by atoms with Crippen LogP contribution in [0.4, 0.5) is 10.6 Å². The normalized spacial score (nSPS) is 16.2. The number of rotatable bonds is 3. The molecule has 0 aliphatic carbocycles. The molecule has 19 heavy (non-hydrogen) atoms. The number of anilines is 1. The number of carbonyl (C=O) groups excluding carboxylic acids is 1. The third kappa shape index (κ3) is 3.96. The minimum atomic E-state index is -0.233. The van der Waals surface area contributed by atoms with Crippen LogP contribution < -0.4 is 5.32 Å². The fourth-order valence-corrected chi connectivity index (χ4v) is 2.19. The van der Waals surface area contributed by atoms with Gasteiger partial charge in [-0.25, -0.2) is 9.78 Å². The molecule has 7 heteroatoms. The Morgan fingerprint density at radius 3 is 2.89 bits per heavy atom. The molecule has 1 amide bonds. The van der Waals surface area contributed by atoms with Crippen molar-refractivity contribution in [2.24, 2.45) is 0 Å². The number of nitrogens with one attached hydrogen (secondary N) is 1. The molecule has 1 aromatic heterocycles. The smallest absolute Gasteiger partial charge is 0.409 e. The van der Waals surface area contributed by atoms with Crippen molar-refractivity contribution >= 4 is 23.5 Å². The van der Waals surface area contributed by atoms with E-state index in [1.54, 1.807) is 11.1 Å². The first kappa shape index (κ1) is 13.9. The van der Waals surface area contributed by atoms with Gasteiger partial charge in [-0.15, -0.1) is 0 Å². The van der Waals surface area contributed by atoms with Crippen molar-refractivity contribution in [2.75, 3.05) is 25.0 Å². The Morgan fingerprint density at radius 2 is 2.26 bits per heavy atom. The number of carbonyl (C=O) groups is 1. The van der Waals surface area contributed by atoms with Crippen molar-refractivity contribution in [1.29, 1.82) is 0 Å². The number of piperidine rings is 1. The Labute approximate surface area is 117 Å². The standard InChI is InChI=1S/C12H17ClN4O2/c1-2-19-12(18)17-5-3-9(4-6-17)15-11-8-14-7-10(13)16-11/h7-9H,2-6H2,1H3,(H,15,16). The number of hydrogen-bond donors (Lipinski definition) is 1. The zero-order valence-electron chi connectivity index (χ0n) is 10.8. The predicted molar refractivity (Wildman–Crippen MR) is 72.3 cm³/mol. The lowest BCUT2D eigenvalue weighted by Gasteiger charge is -2.31. The van der Waals surface area contributed by atoms with Crippen LogP contribution in [0.25, 0.3) is 0 Å². The van der Waals surface area contributed by atoms with Crippen molar-refractivity contribution in [1.82, 2.24) is 14.9 Å². The van der Waals surface area contributed by atoms with E-state index < -0.39 is 0 Å². The Hall–Kier alpha value is -1.56. The van der Waals surface area contributed by atoms with E-state index in [0.29, 0.717) is 30.7 Å². The number of amides is 1. The summed E-state index contributed by atoms with van der Waals surface area (Å²) in [5.41, 5.74) is 0. The lowest BCUT2D eigenvalue weighted by molar-refractivity contribution is 0.0983. The highest BCUT2D eigenvalue weighted by Gasteiger charge is 2.23. The van der Waals surface area contributed by atoms with Crippen LogP contribution in [-0.2, 0) is 4.74 Å². The molecule has 0 radical (unpaired) electrons. The molecule has 104 valence electrons.